The van der Waals surface area contributed by atoms with E-state index in [9.17, 15) is 13.2 Å². The first kappa shape index (κ1) is 16.2. The summed E-state index contributed by atoms with van der Waals surface area (Å²) in [5.41, 5.74) is -0.545. The maximum atomic E-state index is 11.9. The lowest BCUT2D eigenvalue weighted by Gasteiger charge is -2.22. The van der Waals surface area contributed by atoms with Crippen molar-refractivity contribution in [3.05, 3.63) is 0 Å². The third-order valence-electron chi connectivity index (χ3n) is 2.73. The van der Waals surface area contributed by atoms with Gasteiger partial charge in [0, 0.05) is 19.1 Å². The van der Waals surface area contributed by atoms with Crippen molar-refractivity contribution >= 4 is 16.1 Å². The van der Waals surface area contributed by atoms with Crippen molar-refractivity contribution < 1.29 is 17.9 Å². The van der Waals surface area contributed by atoms with Crippen LogP contribution in [0.1, 0.15) is 40.5 Å². The minimum atomic E-state index is -3.17. The van der Waals surface area contributed by atoms with Gasteiger partial charge >= 0.3 is 6.09 Å². The van der Waals surface area contributed by atoms with Crippen LogP contribution in [0.4, 0.5) is 4.79 Å². The van der Waals surface area contributed by atoms with Crippen molar-refractivity contribution in [3.63, 3.8) is 0 Å². The number of carbonyl (C=O) groups excluding carboxylic acids is 1. The summed E-state index contributed by atoms with van der Waals surface area (Å²) in [6.45, 7) is 8.01. The van der Waals surface area contributed by atoms with Gasteiger partial charge in [-0.25, -0.2) is 13.2 Å². The third kappa shape index (κ3) is 5.36. The Morgan fingerprint density at radius 1 is 1.42 bits per heavy atom. The molecule has 0 bridgehead atoms. The zero-order valence-corrected chi connectivity index (χ0v) is 12.9. The molecule has 1 heterocycles. The molecule has 1 rings (SSSR count). The second-order valence-corrected chi connectivity index (χ2v) is 7.89. The number of ether oxygens (including phenoxy) is 1. The normalized spacial score (nSPS) is 21.4. The van der Waals surface area contributed by atoms with Gasteiger partial charge in [-0.1, -0.05) is 6.92 Å². The van der Waals surface area contributed by atoms with E-state index in [4.69, 9.17) is 4.74 Å². The topological polar surface area (TPSA) is 75.7 Å². The van der Waals surface area contributed by atoms with E-state index in [1.54, 1.807) is 20.8 Å². The molecule has 1 aliphatic heterocycles. The van der Waals surface area contributed by atoms with Crippen LogP contribution < -0.4 is 5.32 Å². The Balaban J connectivity index is 2.47. The molecule has 0 saturated carbocycles. The molecule has 0 aromatic rings. The lowest BCUT2D eigenvalue weighted by Crippen LogP contribution is -2.41. The average molecular weight is 292 g/mol. The summed E-state index contributed by atoms with van der Waals surface area (Å²) in [6.07, 6.45) is 0.734. The molecule has 1 aliphatic rings. The number of nitrogens with zero attached hydrogens (tertiary/aromatic N) is 1. The quantitative estimate of drug-likeness (QED) is 0.848. The highest BCUT2D eigenvalue weighted by Gasteiger charge is 2.32. The van der Waals surface area contributed by atoms with Crippen molar-refractivity contribution in [3.8, 4) is 0 Å². The summed E-state index contributed by atoms with van der Waals surface area (Å²) < 4.78 is 30.3. The van der Waals surface area contributed by atoms with Crippen LogP contribution in [-0.4, -0.2) is 49.3 Å². The first-order valence-electron chi connectivity index (χ1n) is 6.61. The number of nitrogens with one attached hydrogen (secondary N) is 1. The molecule has 0 radical (unpaired) electrons. The summed E-state index contributed by atoms with van der Waals surface area (Å²) in [7, 11) is -3.17. The smallest absolute Gasteiger partial charge is 0.407 e. The van der Waals surface area contributed by atoms with Gasteiger partial charge in [-0.15, -0.1) is 0 Å². The van der Waals surface area contributed by atoms with Crippen molar-refractivity contribution in [2.75, 3.05) is 18.8 Å². The standard InChI is InChI=1S/C12H24N2O4S/c1-5-8-19(16,17)14-7-6-10(9-14)13-11(15)18-12(2,3)4/h10H,5-9H2,1-4H3,(H,13,15). The molecule has 0 aromatic carbocycles. The maximum Gasteiger partial charge on any atom is 0.407 e. The SMILES string of the molecule is CCCS(=O)(=O)N1CCC(NC(=O)OC(C)(C)C)C1. The van der Waals surface area contributed by atoms with E-state index in [-0.39, 0.29) is 11.8 Å². The minimum absolute atomic E-state index is 0.159. The molecule has 112 valence electrons. The van der Waals surface area contributed by atoms with Gasteiger partial charge in [-0.3, -0.25) is 0 Å². The fourth-order valence-corrected chi connectivity index (χ4v) is 3.52. The number of hydrogen-bond acceptors (Lipinski definition) is 4. The second-order valence-electron chi connectivity index (χ2n) is 5.81. The van der Waals surface area contributed by atoms with E-state index in [1.165, 1.54) is 4.31 Å². The van der Waals surface area contributed by atoms with Crippen molar-refractivity contribution in [1.29, 1.82) is 0 Å². The van der Waals surface area contributed by atoms with E-state index < -0.39 is 21.7 Å². The van der Waals surface area contributed by atoms with Gasteiger partial charge in [0.05, 0.1) is 5.75 Å². The zero-order chi connectivity index (χ0) is 14.7. The Hall–Kier alpha value is -0.820. The number of amides is 1. The van der Waals surface area contributed by atoms with Crippen LogP contribution in [0.15, 0.2) is 0 Å². The van der Waals surface area contributed by atoms with Crippen LogP contribution in [0.5, 0.6) is 0 Å². The van der Waals surface area contributed by atoms with Crippen LogP contribution in [0.2, 0.25) is 0 Å². The van der Waals surface area contributed by atoms with Gasteiger partial charge in [-0.2, -0.15) is 4.31 Å². The van der Waals surface area contributed by atoms with Crippen LogP contribution in [-0.2, 0) is 14.8 Å². The van der Waals surface area contributed by atoms with Gasteiger partial charge in [0.1, 0.15) is 5.60 Å². The minimum Gasteiger partial charge on any atom is -0.444 e. The lowest BCUT2D eigenvalue weighted by atomic mass is 10.2. The Morgan fingerprint density at radius 2 is 2.05 bits per heavy atom. The number of rotatable bonds is 4. The van der Waals surface area contributed by atoms with Gasteiger partial charge in [0.25, 0.3) is 0 Å². The fourth-order valence-electron chi connectivity index (χ4n) is 1.96. The molecule has 0 aromatic heterocycles. The monoisotopic (exact) mass is 292 g/mol. The predicted molar refractivity (Wildman–Crippen MR) is 73.4 cm³/mol. The first-order valence-corrected chi connectivity index (χ1v) is 8.22. The molecule has 1 saturated heterocycles. The highest BCUT2D eigenvalue weighted by Crippen LogP contribution is 2.15. The van der Waals surface area contributed by atoms with Crippen LogP contribution in [0.25, 0.3) is 0 Å². The summed E-state index contributed by atoms with van der Waals surface area (Å²) in [4.78, 5) is 11.6. The molecule has 6 nitrogen and oxygen atoms in total. The zero-order valence-electron chi connectivity index (χ0n) is 12.1. The molecule has 1 N–H and O–H groups in total. The average Bonchev–Trinajstić information content (AvgIpc) is 2.63. The van der Waals surface area contributed by atoms with E-state index in [1.807, 2.05) is 6.92 Å². The van der Waals surface area contributed by atoms with E-state index in [0.717, 1.165) is 0 Å². The Bertz CT molecular complexity index is 414. The number of carbonyl (C=O) groups is 1. The van der Waals surface area contributed by atoms with Crippen molar-refractivity contribution in [2.45, 2.75) is 52.2 Å². The fraction of sp³-hybridized carbons (Fsp3) is 0.917. The van der Waals surface area contributed by atoms with E-state index in [0.29, 0.717) is 25.9 Å². The summed E-state index contributed by atoms with van der Waals surface area (Å²) in [6, 6.07) is -0.165. The van der Waals surface area contributed by atoms with Crippen LogP contribution >= 0.6 is 0 Å². The summed E-state index contributed by atoms with van der Waals surface area (Å²) in [5, 5.41) is 2.71. The lowest BCUT2D eigenvalue weighted by molar-refractivity contribution is 0.0507. The molecule has 1 fully saturated rings. The number of alkyl carbamates (subject to hydrolysis) is 1. The molecular weight excluding hydrogens is 268 g/mol. The predicted octanol–water partition coefficient (Wildman–Crippen LogP) is 1.33. The van der Waals surface area contributed by atoms with Gasteiger partial charge in [-0.05, 0) is 33.6 Å². The molecular formula is C12H24N2O4S. The highest BCUT2D eigenvalue weighted by atomic mass is 32.2. The number of hydrogen-bond donors (Lipinski definition) is 1. The molecule has 1 unspecified atom stereocenters. The first-order chi connectivity index (χ1) is 8.64. The maximum absolute atomic E-state index is 11.9. The molecule has 1 atom stereocenters. The Kier molecular flexibility index (Phi) is 5.20. The molecule has 19 heavy (non-hydrogen) atoms. The van der Waals surface area contributed by atoms with E-state index in [2.05, 4.69) is 5.32 Å². The highest BCUT2D eigenvalue weighted by molar-refractivity contribution is 7.89. The van der Waals surface area contributed by atoms with Gasteiger partial charge < -0.3 is 10.1 Å². The van der Waals surface area contributed by atoms with Gasteiger partial charge in [0.2, 0.25) is 10.0 Å². The third-order valence-corrected chi connectivity index (χ3v) is 4.77. The molecule has 0 aliphatic carbocycles. The van der Waals surface area contributed by atoms with Gasteiger partial charge in [0.15, 0.2) is 0 Å². The number of sulfonamides is 1. The Morgan fingerprint density at radius 3 is 2.58 bits per heavy atom. The van der Waals surface area contributed by atoms with Crippen LogP contribution in [0.3, 0.4) is 0 Å². The van der Waals surface area contributed by atoms with Crippen molar-refractivity contribution in [1.82, 2.24) is 9.62 Å². The summed E-state index contributed by atoms with van der Waals surface area (Å²) >= 11 is 0. The van der Waals surface area contributed by atoms with Crippen LogP contribution in [0, 0.1) is 0 Å². The molecule has 7 heteroatoms. The van der Waals surface area contributed by atoms with Crippen molar-refractivity contribution in [2.24, 2.45) is 0 Å². The molecule has 0 spiro atoms. The molecule has 1 amide bonds. The second kappa shape index (κ2) is 6.09. The Labute approximate surface area is 115 Å². The summed E-state index contributed by atoms with van der Waals surface area (Å²) in [5.74, 6) is 0.159. The van der Waals surface area contributed by atoms with E-state index >= 15 is 0 Å². The largest absolute Gasteiger partial charge is 0.444 e.